The van der Waals surface area contributed by atoms with Crippen molar-refractivity contribution in [2.24, 2.45) is 0 Å². The van der Waals surface area contributed by atoms with Crippen molar-refractivity contribution in [2.75, 3.05) is 19.0 Å². The van der Waals surface area contributed by atoms with Gasteiger partial charge in [-0.15, -0.1) is 17.9 Å². The third kappa shape index (κ3) is 4.40. The van der Waals surface area contributed by atoms with Crippen LogP contribution in [0.1, 0.15) is 29.0 Å². The van der Waals surface area contributed by atoms with Crippen molar-refractivity contribution >= 4 is 39.2 Å². The largest absolute Gasteiger partial charge is 0.486 e. The number of amides is 1. The number of thioether (sulfide) groups is 1. The number of aromatic nitrogens is 2. The summed E-state index contributed by atoms with van der Waals surface area (Å²) in [6, 6.07) is 5.47. The van der Waals surface area contributed by atoms with Crippen molar-refractivity contribution in [2.45, 2.75) is 38.5 Å². The molecule has 0 fully saturated rings. The van der Waals surface area contributed by atoms with E-state index in [1.54, 1.807) is 10.6 Å². The average Bonchev–Trinajstić information content (AvgIpc) is 3.07. The molecule has 3 aromatic rings. The van der Waals surface area contributed by atoms with E-state index in [9.17, 15) is 9.59 Å². The van der Waals surface area contributed by atoms with Gasteiger partial charge in [-0.3, -0.25) is 14.2 Å². The number of hydrogen-bond donors (Lipinski definition) is 1. The van der Waals surface area contributed by atoms with Crippen LogP contribution in [-0.2, 0) is 11.3 Å². The Bertz CT molecular complexity index is 1250. The molecule has 4 rings (SSSR count). The van der Waals surface area contributed by atoms with Crippen LogP contribution in [0, 0.1) is 13.8 Å². The number of allylic oxidation sites excluding steroid dienone is 1. The second-order valence-electron chi connectivity index (χ2n) is 7.54. The van der Waals surface area contributed by atoms with Crippen molar-refractivity contribution in [3.63, 3.8) is 0 Å². The maximum atomic E-state index is 13.0. The number of ether oxygens (including phenoxy) is 2. The number of thiophene rings is 1. The Labute approximate surface area is 194 Å². The fourth-order valence-electron chi connectivity index (χ4n) is 3.53. The topological polar surface area (TPSA) is 82.5 Å². The Morgan fingerprint density at radius 2 is 2.09 bits per heavy atom. The average molecular weight is 472 g/mol. The monoisotopic (exact) mass is 471 g/mol. The minimum absolute atomic E-state index is 0.0932. The first-order valence-electron chi connectivity index (χ1n) is 10.3. The SMILES string of the molecule is C=CCn1c(SCC(=O)N[C@@H](C)c2ccc3c(c2)OCCO3)nc2sc(C)c(C)c2c1=O. The number of carbonyl (C=O) groups is 1. The molecule has 1 amide bonds. The smallest absolute Gasteiger partial charge is 0.263 e. The molecular weight excluding hydrogens is 446 g/mol. The number of carbonyl (C=O) groups excluding carboxylic acids is 1. The molecule has 1 aliphatic heterocycles. The van der Waals surface area contributed by atoms with Gasteiger partial charge in [0.15, 0.2) is 16.7 Å². The fraction of sp³-hybridized carbons (Fsp3) is 0.348. The molecular formula is C23H25N3O4S2. The van der Waals surface area contributed by atoms with Crippen LogP contribution >= 0.6 is 23.1 Å². The molecule has 0 saturated carbocycles. The lowest BCUT2D eigenvalue weighted by Gasteiger charge is -2.21. The molecule has 7 nitrogen and oxygen atoms in total. The Balaban J connectivity index is 1.48. The lowest BCUT2D eigenvalue weighted by atomic mass is 10.1. The van der Waals surface area contributed by atoms with Gasteiger partial charge in [0.2, 0.25) is 5.91 Å². The number of aryl methyl sites for hydroxylation is 2. The number of nitrogens with zero attached hydrogens (tertiary/aromatic N) is 2. The molecule has 9 heteroatoms. The van der Waals surface area contributed by atoms with Crippen LogP contribution in [-0.4, -0.2) is 34.4 Å². The van der Waals surface area contributed by atoms with Crippen LogP contribution in [0.5, 0.6) is 11.5 Å². The van der Waals surface area contributed by atoms with Crippen LogP contribution in [0.3, 0.4) is 0 Å². The van der Waals surface area contributed by atoms with Crippen molar-refractivity contribution in [3.05, 3.63) is 57.2 Å². The van der Waals surface area contributed by atoms with Crippen LogP contribution in [0.4, 0.5) is 0 Å². The molecule has 0 saturated heterocycles. The summed E-state index contributed by atoms with van der Waals surface area (Å²) < 4.78 is 12.8. The number of fused-ring (bicyclic) bond motifs is 2. The van der Waals surface area contributed by atoms with E-state index in [-0.39, 0.29) is 23.3 Å². The highest BCUT2D eigenvalue weighted by Crippen LogP contribution is 2.33. The van der Waals surface area contributed by atoms with E-state index in [0.717, 1.165) is 21.8 Å². The Morgan fingerprint density at radius 1 is 1.34 bits per heavy atom. The zero-order chi connectivity index (χ0) is 22.8. The van der Waals surface area contributed by atoms with E-state index in [1.807, 2.05) is 39.0 Å². The van der Waals surface area contributed by atoms with Crippen LogP contribution in [0.2, 0.25) is 0 Å². The maximum absolute atomic E-state index is 13.0. The lowest BCUT2D eigenvalue weighted by Crippen LogP contribution is -2.29. The maximum Gasteiger partial charge on any atom is 0.263 e. The Morgan fingerprint density at radius 3 is 2.84 bits per heavy atom. The van der Waals surface area contributed by atoms with Gasteiger partial charge >= 0.3 is 0 Å². The summed E-state index contributed by atoms with van der Waals surface area (Å²) in [4.78, 5) is 32.1. The summed E-state index contributed by atoms with van der Waals surface area (Å²) in [5, 5.41) is 4.17. The van der Waals surface area contributed by atoms with Gasteiger partial charge in [0.05, 0.1) is 17.2 Å². The second-order valence-corrected chi connectivity index (χ2v) is 9.69. The van der Waals surface area contributed by atoms with E-state index in [4.69, 9.17) is 9.47 Å². The highest BCUT2D eigenvalue weighted by Gasteiger charge is 2.19. The minimum atomic E-state index is -0.202. The standard InChI is InChI=1S/C23H25N3O4S2/c1-5-8-26-22(28)20-13(2)15(4)32-21(20)25-23(26)31-12-19(27)24-14(3)16-6-7-17-18(11-16)30-10-9-29-17/h5-7,11,14H,1,8-10,12H2,2-4H3,(H,24,27)/t14-/m0/s1. The first-order chi connectivity index (χ1) is 15.4. The summed E-state index contributed by atoms with van der Waals surface area (Å²) in [5.41, 5.74) is 1.80. The number of nitrogens with one attached hydrogen (secondary N) is 1. The van der Waals surface area contributed by atoms with Gasteiger partial charge < -0.3 is 14.8 Å². The number of rotatable bonds is 7. The predicted octanol–water partition coefficient (Wildman–Crippen LogP) is 4.00. The van der Waals surface area contributed by atoms with Gasteiger partial charge in [-0.25, -0.2) is 4.98 Å². The van der Waals surface area contributed by atoms with Crippen LogP contribution < -0.4 is 20.3 Å². The number of hydrogen-bond acceptors (Lipinski definition) is 7. The second kappa shape index (κ2) is 9.38. The summed E-state index contributed by atoms with van der Waals surface area (Å²) in [6.07, 6.45) is 1.66. The first-order valence-corrected chi connectivity index (χ1v) is 12.1. The molecule has 1 aliphatic rings. The zero-order valence-electron chi connectivity index (χ0n) is 18.3. The van der Waals surface area contributed by atoms with Gasteiger partial charge in [0.1, 0.15) is 18.0 Å². The molecule has 3 heterocycles. The third-order valence-electron chi connectivity index (χ3n) is 5.34. The summed E-state index contributed by atoms with van der Waals surface area (Å²) >= 11 is 2.75. The summed E-state index contributed by atoms with van der Waals surface area (Å²) in [6.45, 7) is 11.0. The molecule has 2 aromatic heterocycles. The zero-order valence-corrected chi connectivity index (χ0v) is 19.9. The molecule has 1 aromatic carbocycles. The molecule has 1 atom stereocenters. The normalized spacial score (nSPS) is 13.7. The summed E-state index contributed by atoms with van der Waals surface area (Å²) in [5.74, 6) is 1.41. The molecule has 0 radical (unpaired) electrons. The van der Waals surface area contributed by atoms with Gasteiger partial charge in [-0.2, -0.15) is 0 Å². The quantitative estimate of drug-likeness (QED) is 0.319. The highest BCUT2D eigenvalue weighted by atomic mass is 32.2. The molecule has 0 aliphatic carbocycles. The highest BCUT2D eigenvalue weighted by molar-refractivity contribution is 7.99. The minimum Gasteiger partial charge on any atom is -0.486 e. The van der Waals surface area contributed by atoms with Crippen LogP contribution in [0.25, 0.3) is 10.2 Å². The Kier molecular flexibility index (Phi) is 6.57. The Hall–Kier alpha value is -2.78. The predicted molar refractivity (Wildman–Crippen MR) is 128 cm³/mol. The van der Waals surface area contributed by atoms with Gasteiger partial charge in [0, 0.05) is 11.4 Å². The van der Waals surface area contributed by atoms with E-state index in [2.05, 4.69) is 16.9 Å². The molecule has 0 bridgehead atoms. The van der Waals surface area contributed by atoms with Crippen molar-refractivity contribution < 1.29 is 14.3 Å². The van der Waals surface area contributed by atoms with E-state index in [1.165, 1.54) is 23.1 Å². The van der Waals surface area contributed by atoms with Gasteiger partial charge in [-0.05, 0) is 44.0 Å². The third-order valence-corrected chi connectivity index (χ3v) is 7.42. The number of benzene rings is 1. The molecule has 168 valence electrons. The van der Waals surface area contributed by atoms with Gasteiger partial charge in [-0.1, -0.05) is 23.9 Å². The van der Waals surface area contributed by atoms with Crippen molar-refractivity contribution in [1.82, 2.24) is 14.9 Å². The lowest BCUT2D eigenvalue weighted by molar-refractivity contribution is -0.119. The molecule has 0 unspecified atom stereocenters. The first kappa shape index (κ1) is 22.4. The van der Waals surface area contributed by atoms with E-state index < -0.39 is 0 Å². The fourth-order valence-corrected chi connectivity index (χ4v) is 5.43. The molecule has 0 spiro atoms. The summed E-state index contributed by atoms with van der Waals surface area (Å²) in [7, 11) is 0. The van der Waals surface area contributed by atoms with Crippen molar-refractivity contribution in [1.29, 1.82) is 0 Å². The van der Waals surface area contributed by atoms with E-state index in [0.29, 0.717) is 40.9 Å². The van der Waals surface area contributed by atoms with E-state index >= 15 is 0 Å². The van der Waals surface area contributed by atoms with Crippen molar-refractivity contribution in [3.8, 4) is 11.5 Å². The van der Waals surface area contributed by atoms with Gasteiger partial charge in [0.25, 0.3) is 5.56 Å². The van der Waals surface area contributed by atoms with Crippen LogP contribution in [0.15, 0.2) is 40.8 Å². The molecule has 32 heavy (non-hydrogen) atoms. The molecule has 1 N–H and O–H groups in total.